The first-order valence-corrected chi connectivity index (χ1v) is 8.84. The molecule has 0 fully saturated rings. The molecule has 0 radical (unpaired) electrons. The van der Waals surface area contributed by atoms with E-state index in [-0.39, 0.29) is 5.91 Å². The summed E-state index contributed by atoms with van der Waals surface area (Å²) in [5.41, 5.74) is 1.46. The zero-order valence-corrected chi connectivity index (χ0v) is 15.3. The van der Waals surface area contributed by atoms with Crippen LogP contribution in [0.3, 0.4) is 0 Å². The number of ether oxygens (including phenoxy) is 1. The molecular weight excluding hydrogens is 348 g/mol. The molecule has 1 aromatic carbocycles. The van der Waals surface area contributed by atoms with E-state index in [1.54, 1.807) is 26.0 Å². The minimum atomic E-state index is -0.843. The van der Waals surface area contributed by atoms with E-state index >= 15 is 0 Å². The molecule has 1 N–H and O–H groups in total. The molecule has 1 unspecified atom stereocenters. The third-order valence-electron chi connectivity index (χ3n) is 3.28. The van der Waals surface area contributed by atoms with Crippen molar-refractivity contribution >= 4 is 34.8 Å². The number of nitrogens with zero attached hydrogens (tertiary/aromatic N) is 1. The largest absolute Gasteiger partial charge is 0.448 e. The molecule has 0 bridgehead atoms. The molecule has 5 nitrogen and oxygen atoms in total. The van der Waals surface area contributed by atoms with Crippen LogP contribution in [0.5, 0.6) is 0 Å². The number of aromatic nitrogens is 1. The summed E-state index contributed by atoms with van der Waals surface area (Å²) in [4.78, 5) is 28.9. The molecule has 0 aliphatic carbocycles. The fourth-order valence-electron chi connectivity index (χ4n) is 1.96. The fourth-order valence-corrected chi connectivity index (χ4v) is 3.04. The van der Waals surface area contributed by atoms with Gasteiger partial charge in [-0.3, -0.25) is 4.79 Å². The van der Waals surface area contributed by atoms with Gasteiger partial charge in [-0.15, -0.1) is 11.3 Å². The van der Waals surface area contributed by atoms with Gasteiger partial charge in [0.25, 0.3) is 5.91 Å². The second kappa shape index (κ2) is 8.26. The molecule has 0 aliphatic heterocycles. The number of hydrogen-bond acceptors (Lipinski definition) is 5. The van der Waals surface area contributed by atoms with Crippen molar-refractivity contribution in [2.24, 2.45) is 0 Å². The van der Waals surface area contributed by atoms with Gasteiger partial charge in [0.05, 0.1) is 5.69 Å². The molecule has 0 saturated heterocycles. The summed E-state index contributed by atoms with van der Waals surface area (Å²) in [5, 5.41) is 4.04. The molecule has 0 spiro atoms. The fraction of sp³-hybridized carbons (Fsp3) is 0.353. The highest BCUT2D eigenvalue weighted by Crippen LogP contribution is 2.29. The molecule has 1 heterocycles. The van der Waals surface area contributed by atoms with Crippen molar-refractivity contribution in [2.75, 3.05) is 6.54 Å². The van der Waals surface area contributed by atoms with Crippen molar-refractivity contribution in [3.8, 4) is 10.6 Å². The molecule has 1 atom stereocenters. The third kappa shape index (κ3) is 4.55. The SMILES string of the molecule is CCCNC(=O)C(C)OC(=O)c1sc(-c2ccc(Cl)cc2)nc1C. The first kappa shape index (κ1) is 18.4. The highest BCUT2D eigenvalue weighted by Gasteiger charge is 2.22. The van der Waals surface area contributed by atoms with E-state index in [4.69, 9.17) is 16.3 Å². The predicted octanol–water partition coefficient (Wildman–Crippen LogP) is 3.84. The van der Waals surface area contributed by atoms with E-state index in [0.29, 0.717) is 27.1 Å². The van der Waals surface area contributed by atoms with Crippen LogP contribution in [-0.2, 0) is 9.53 Å². The lowest BCUT2D eigenvalue weighted by molar-refractivity contribution is -0.129. The van der Waals surface area contributed by atoms with Crippen LogP contribution >= 0.6 is 22.9 Å². The maximum absolute atomic E-state index is 12.3. The van der Waals surface area contributed by atoms with E-state index in [2.05, 4.69) is 10.3 Å². The molecule has 2 aromatic rings. The zero-order chi connectivity index (χ0) is 17.7. The number of nitrogens with one attached hydrogen (secondary N) is 1. The Labute approximate surface area is 150 Å². The molecule has 1 amide bonds. The zero-order valence-electron chi connectivity index (χ0n) is 13.8. The summed E-state index contributed by atoms with van der Waals surface area (Å²) < 4.78 is 5.24. The summed E-state index contributed by atoms with van der Waals surface area (Å²) in [7, 11) is 0. The number of carbonyl (C=O) groups excluding carboxylic acids is 2. The summed E-state index contributed by atoms with van der Waals surface area (Å²) in [6.45, 7) is 5.81. The van der Waals surface area contributed by atoms with Gasteiger partial charge >= 0.3 is 5.97 Å². The van der Waals surface area contributed by atoms with Crippen LogP contribution in [0.2, 0.25) is 5.02 Å². The quantitative estimate of drug-likeness (QED) is 0.788. The highest BCUT2D eigenvalue weighted by atomic mass is 35.5. The average molecular weight is 367 g/mol. The van der Waals surface area contributed by atoms with Gasteiger partial charge in [-0.2, -0.15) is 0 Å². The van der Waals surface area contributed by atoms with Crippen molar-refractivity contribution in [1.82, 2.24) is 10.3 Å². The Morgan fingerprint density at radius 3 is 2.62 bits per heavy atom. The Balaban J connectivity index is 2.10. The van der Waals surface area contributed by atoms with Crippen LogP contribution in [0.1, 0.15) is 35.6 Å². The van der Waals surface area contributed by atoms with Gasteiger partial charge in [-0.25, -0.2) is 9.78 Å². The molecule has 1 aromatic heterocycles. The van der Waals surface area contributed by atoms with Gasteiger partial charge in [0, 0.05) is 17.1 Å². The van der Waals surface area contributed by atoms with Crippen LogP contribution in [0.4, 0.5) is 0 Å². The number of thiazole rings is 1. The molecule has 7 heteroatoms. The van der Waals surface area contributed by atoms with E-state index in [1.807, 2.05) is 19.1 Å². The average Bonchev–Trinajstić information content (AvgIpc) is 2.95. The second-order valence-electron chi connectivity index (χ2n) is 5.28. The topological polar surface area (TPSA) is 68.3 Å². The number of carbonyl (C=O) groups is 2. The van der Waals surface area contributed by atoms with Gasteiger partial charge in [0.1, 0.15) is 9.88 Å². The van der Waals surface area contributed by atoms with Gasteiger partial charge in [-0.1, -0.05) is 30.7 Å². The molecule has 0 aliphatic rings. The minimum Gasteiger partial charge on any atom is -0.448 e. The van der Waals surface area contributed by atoms with Crippen molar-refractivity contribution in [3.63, 3.8) is 0 Å². The first-order valence-electron chi connectivity index (χ1n) is 7.64. The first-order chi connectivity index (χ1) is 11.4. The lowest BCUT2D eigenvalue weighted by Gasteiger charge is -2.12. The summed E-state index contributed by atoms with van der Waals surface area (Å²) in [6.07, 6.45) is -0.0188. The molecular formula is C17H19ClN2O3S. The van der Waals surface area contributed by atoms with E-state index in [0.717, 1.165) is 12.0 Å². The highest BCUT2D eigenvalue weighted by molar-refractivity contribution is 7.17. The van der Waals surface area contributed by atoms with E-state index in [1.165, 1.54) is 11.3 Å². The number of amides is 1. The summed E-state index contributed by atoms with van der Waals surface area (Å²) >= 11 is 7.12. The van der Waals surface area contributed by atoms with Crippen LogP contribution in [0.25, 0.3) is 10.6 Å². The molecule has 0 saturated carbocycles. The molecule has 2 rings (SSSR count). The third-order valence-corrected chi connectivity index (χ3v) is 4.71. The Morgan fingerprint density at radius 2 is 2.00 bits per heavy atom. The number of aryl methyl sites for hydroxylation is 1. The Kier molecular flexibility index (Phi) is 6.34. The summed E-state index contributed by atoms with van der Waals surface area (Å²) in [5.74, 6) is -0.838. The number of hydrogen-bond donors (Lipinski definition) is 1. The Bertz CT molecular complexity index is 728. The van der Waals surface area contributed by atoms with Gasteiger partial charge in [-0.05, 0) is 32.4 Å². The minimum absolute atomic E-state index is 0.301. The predicted molar refractivity (Wildman–Crippen MR) is 95.5 cm³/mol. The maximum Gasteiger partial charge on any atom is 0.351 e. The normalized spacial score (nSPS) is 11.8. The Hall–Kier alpha value is -1.92. The van der Waals surface area contributed by atoms with Crippen molar-refractivity contribution < 1.29 is 14.3 Å². The van der Waals surface area contributed by atoms with Crippen LogP contribution in [0.15, 0.2) is 24.3 Å². The Morgan fingerprint density at radius 1 is 1.33 bits per heavy atom. The molecule has 24 heavy (non-hydrogen) atoms. The monoisotopic (exact) mass is 366 g/mol. The van der Waals surface area contributed by atoms with E-state index in [9.17, 15) is 9.59 Å². The standard InChI is InChI=1S/C17H19ClN2O3S/c1-4-9-19-15(21)11(3)23-17(22)14-10(2)20-16(24-14)12-5-7-13(18)8-6-12/h5-8,11H,4,9H2,1-3H3,(H,19,21). The summed E-state index contributed by atoms with van der Waals surface area (Å²) in [6, 6.07) is 7.23. The number of esters is 1. The van der Waals surface area contributed by atoms with Crippen LogP contribution in [-0.4, -0.2) is 29.5 Å². The van der Waals surface area contributed by atoms with E-state index < -0.39 is 12.1 Å². The van der Waals surface area contributed by atoms with Crippen molar-refractivity contribution in [3.05, 3.63) is 39.9 Å². The number of halogens is 1. The lowest BCUT2D eigenvalue weighted by atomic mass is 10.2. The second-order valence-corrected chi connectivity index (χ2v) is 6.71. The maximum atomic E-state index is 12.3. The van der Waals surface area contributed by atoms with Crippen molar-refractivity contribution in [1.29, 1.82) is 0 Å². The number of rotatable bonds is 6. The smallest absolute Gasteiger partial charge is 0.351 e. The van der Waals surface area contributed by atoms with Gasteiger partial charge < -0.3 is 10.1 Å². The van der Waals surface area contributed by atoms with Crippen molar-refractivity contribution in [2.45, 2.75) is 33.3 Å². The number of benzene rings is 1. The van der Waals surface area contributed by atoms with Crippen LogP contribution < -0.4 is 5.32 Å². The molecule has 128 valence electrons. The van der Waals surface area contributed by atoms with Crippen LogP contribution in [0, 0.1) is 6.92 Å². The van der Waals surface area contributed by atoms with Gasteiger partial charge in [0.15, 0.2) is 6.10 Å². The lowest BCUT2D eigenvalue weighted by Crippen LogP contribution is -2.36. The van der Waals surface area contributed by atoms with Gasteiger partial charge in [0.2, 0.25) is 0 Å².